The lowest BCUT2D eigenvalue weighted by molar-refractivity contribution is -0.121. The van der Waals surface area contributed by atoms with Crippen LogP contribution in [0.1, 0.15) is 46.0 Å². The predicted octanol–water partition coefficient (Wildman–Crippen LogP) is 2.85. The van der Waals surface area contributed by atoms with Gasteiger partial charge >= 0.3 is 0 Å². The number of nitrogens with one attached hydrogen (secondary N) is 1. The maximum atomic E-state index is 11.6. The van der Waals surface area contributed by atoms with Crippen LogP contribution in [-0.4, -0.2) is 16.8 Å². The minimum atomic E-state index is -0.0122. The van der Waals surface area contributed by atoms with Gasteiger partial charge in [-0.2, -0.15) is 0 Å². The molecule has 1 aliphatic carbocycles. The zero-order valence-corrected chi connectivity index (χ0v) is 10.6. The van der Waals surface area contributed by atoms with E-state index in [1.54, 1.807) is 0 Å². The number of hydrogen-bond acceptors (Lipinski definition) is 1. The largest absolute Gasteiger partial charge is 0.352 e. The summed E-state index contributed by atoms with van der Waals surface area (Å²) in [6.45, 7) is 4.30. The predicted molar refractivity (Wildman–Crippen MR) is 62.6 cm³/mol. The van der Waals surface area contributed by atoms with E-state index in [4.69, 9.17) is 0 Å². The molecule has 14 heavy (non-hydrogen) atoms. The molecule has 2 nitrogen and oxygen atoms in total. The number of carbonyl (C=O) groups is 1. The van der Waals surface area contributed by atoms with Gasteiger partial charge in [0.1, 0.15) is 0 Å². The summed E-state index contributed by atoms with van der Waals surface area (Å²) in [5.74, 6) is 1.00. The highest BCUT2D eigenvalue weighted by atomic mass is 79.9. The highest BCUT2D eigenvalue weighted by molar-refractivity contribution is 9.10. The van der Waals surface area contributed by atoms with E-state index in [0.717, 1.165) is 25.2 Å². The standard InChI is InChI=1S/C11H20BrNO/c1-3-10(12)11(14)13-9-6-4-8(2)5-7-9/h8-10H,3-7H2,1-2H3,(H,13,14)/t8?,9?,10-/m0/s1. The monoisotopic (exact) mass is 261 g/mol. The fourth-order valence-electron chi connectivity index (χ4n) is 1.88. The first-order chi connectivity index (χ1) is 6.63. The summed E-state index contributed by atoms with van der Waals surface area (Å²) in [4.78, 5) is 11.6. The van der Waals surface area contributed by atoms with Crippen molar-refractivity contribution in [3.63, 3.8) is 0 Å². The quantitative estimate of drug-likeness (QED) is 0.778. The Balaban J connectivity index is 2.27. The van der Waals surface area contributed by atoms with Crippen molar-refractivity contribution in [1.29, 1.82) is 0 Å². The van der Waals surface area contributed by atoms with Crippen LogP contribution in [0.15, 0.2) is 0 Å². The number of alkyl halides is 1. The number of halogens is 1. The average molecular weight is 262 g/mol. The van der Waals surface area contributed by atoms with Crippen LogP contribution in [0.3, 0.4) is 0 Å². The molecular weight excluding hydrogens is 242 g/mol. The van der Waals surface area contributed by atoms with Crippen molar-refractivity contribution >= 4 is 21.8 Å². The molecule has 0 aromatic carbocycles. The third-order valence-electron chi connectivity index (χ3n) is 3.01. The highest BCUT2D eigenvalue weighted by Gasteiger charge is 2.21. The molecule has 1 atom stereocenters. The number of carbonyl (C=O) groups excluding carboxylic acids is 1. The first kappa shape index (κ1) is 12.0. The van der Waals surface area contributed by atoms with E-state index in [2.05, 4.69) is 28.2 Å². The smallest absolute Gasteiger partial charge is 0.233 e. The van der Waals surface area contributed by atoms with Gasteiger partial charge in [0.2, 0.25) is 5.91 Å². The molecule has 3 heteroatoms. The lowest BCUT2D eigenvalue weighted by Gasteiger charge is -2.27. The van der Waals surface area contributed by atoms with Gasteiger partial charge in [0.25, 0.3) is 0 Å². The summed E-state index contributed by atoms with van der Waals surface area (Å²) in [7, 11) is 0. The molecule has 1 aliphatic rings. The topological polar surface area (TPSA) is 29.1 Å². The molecular formula is C11H20BrNO. The van der Waals surface area contributed by atoms with Crippen molar-refractivity contribution in [2.75, 3.05) is 0 Å². The van der Waals surface area contributed by atoms with E-state index >= 15 is 0 Å². The van der Waals surface area contributed by atoms with Crippen LogP contribution in [0.5, 0.6) is 0 Å². The van der Waals surface area contributed by atoms with Crippen LogP contribution in [0.4, 0.5) is 0 Å². The van der Waals surface area contributed by atoms with Gasteiger partial charge in [0, 0.05) is 6.04 Å². The summed E-state index contributed by atoms with van der Waals surface area (Å²) in [6, 6.07) is 0.422. The van der Waals surface area contributed by atoms with Crippen LogP contribution in [-0.2, 0) is 4.79 Å². The molecule has 0 aromatic heterocycles. The first-order valence-corrected chi connectivity index (χ1v) is 6.49. The Morgan fingerprint density at radius 1 is 1.43 bits per heavy atom. The van der Waals surface area contributed by atoms with Gasteiger partial charge < -0.3 is 5.32 Å². The Hall–Kier alpha value is -0.0500. The molecule has 1 saturated carbocycles. The number of hydrogen-bond donors (Lipinski definition) is 1. The van der Waals surface area contributed by atoms with E-state index in [-0.39, 0.29) is 10.7 Å². The molecule has 0 aromatic rings. The van der Waals surface area contributed by atoms with Crippen LogP contribution in [0.25, 0.3) is 0 Å². The molecule has 0 saturated heterocycles. The summed E-state index contributed by atoms with van der Waals surface area (Å²) in [5.41, 5.74) is 0. The molecule has 0 radical (unpaired) electrons. The van der Waals surface area contributed by atoms with Crippen LogP contribution >= 0.6 is 15.9 Å². The lowest BCUT2D eigenvalue weighted by Crippen LogP contribution is -2.40. The third kappa shape index (κ3) is 3.60. The van der Waals surface area contributed by atoms with Crippen molar-refractivity contribution < 1.29 is 4.79 Å². The lowest BCUT2D eigenvalue weighted by atomic mass is 9.87. The van der Waals surface area contributed by atoms with Gasteiger partial charge in [-0.25, -0.2) is 0 Å². The molecule has 1 amide bonds. The van der Waals surface area contributed by atoms with Crippen LogP contribution in [0, 0.1) is 5.92 Å². The molecule has 1 rings (SSSR count). The van der Waals surface area contributed by atoms with Crippen molar-refractivity contribution in [1.82, 2.24) is 5.32 Å². The molecule has 1 N–H and O–H groups in total. The molecule has 0 bridgehead atoms. The first-order valence-electron chi connectivity index (χ1n) is 5.58. The summed E-state index contributed by atoms with van der Waals surface area (Å²) in [6.07, 6.45) is 5.66. The summed E-state index contributed by atoms with van der Waals surface area (Å²) >= 11 is 3.37. The number of rotatable bonds is 3. The highest BCUT2D eigenvalue weighted by Crippen LogP contribution is 2.23. The summed E-state index contributed by atoms with van der Waals surface area (Å²) in [5, 5.41) is 3.10. The molecule has 82 valence electrons. The molecule has 1 fully saturated rings. The van der Waals surface area contributed by atoms with E-state index in [9.17, 15) is 4.79 Å². The SMILES string of the molecule is CC[C@H](Br)C(=O)NC1CCC(C)CC1. The number of amides is 1. The van der Waals surface area contributed by atoms with Crippen LogP contribution < -0.4 is 5.32 Å². The molecule has 0 spiro atoms. The van der Waals surface area contributed by atoms with Gasteiger partial charge in [0.15, 0.2) is 0 Å². The Labute approximate surface area is 95.0 Å². The Morgan fingerprint density at radius 3 is 2.50 bits per heavy atom. The maximum absolute atomic E-state index is 11.6. The van der Waals surface area contributed by atoms with Gasteiger partial charge in [-0.15, -0.1) is 0 Å². The van der Waals surface area contributed by atoms with Crippen molar-refractivity contribution in [2.45, 2.75) is 56.8 Å². The normalized spacial score (nSPS) is 29.6. The zero-order valence-electron chi connectivity index (χ0n) is 9.05. The fourth-order valence-corrected chi connectivity index (χ4v) is 2.01. The van der Waals surface area contributed by atoms with Crippen molar-refractivity contribution in [2.24, 2.45) is 5.92 Å². The second-order valence-electron chi connectivity index (χ2n) is 4.34. The second kappa shape index (κ2) is 5.74. The van der Waals surface area contributed by atoms with Gasteiger partial charge in [0.05, 0.1) is 4.83 Å². The van der Waals surface area contributed by atoms with E-state index < -0.39 is 0 Å². The van der Waals surface area contributed by atoms with Crippen molar-refractivity contribution in [3.05, 3.63) is 0 Å². The Kier molecular flexibility index (Phi) is 4.93. The zero-order chi connectivity index (χ0) is 10.6. The van der Waals surface area contributed by atoms with Gasteiger partial charge in [-0.1, -0.05) is 29.8 Å². The van der Waals surface area contributed by atoms with Gasteiger partial charge in [-0.3, -0.25) is 4.79 Å². The van der Waals surface area contributed by atoms with Gasteiger partial charge in [-0.05, 0) is 38.0 Å². The average Bonchev–Trinajstić information content (AvgIpc) is 2.20. The fraction of sp³-hybridized carbons (Fsp3) is 0.909. The second-order valence-corrected chi connectivity index (χ2v) is 5.45. The van der Waals surface area contributed by atoms with Crippen LogP contribution in [0.2, 0.25) is 0 Å². The maximum Gasteiger partial charge on any atom is 0.233 e. The van der Waals surface area contributed by atoms with E-state index in [0.29, 0.717) is 6.04 Å². The molecule has 0 heterocycles. The molecule has 0 aliphatic heterocycles. The minimum absolute atomic E-state index is 0.0122. The Morgan fingerprint density at radius 2 is 2.00 bits per heavy atom. The third-order valence-corrected chi connectivity index (χ3v) is 4.07. The molecule has 0 unspecified atom stereocenters. The minimum Gasteiger partial charge on any atom is -0.352 e. The summed E-state index contributed by atoms with van der Waals surface area (Å²) < 4.78 is 0. The van der Waals surface area contributed by atoms with E-state index in [1.807, 2.05) is 6.92 Å². The van der Waals surface area contributed by atoms with E-state index in [1.165, 1.54) is 12.8 Å². The van der Waals surface area contributed by atoms with Crippen molar-refractivity contribution in [3.8, 4) is 0 Å². The Bertz CT molecular complexity index is 188.